The van der Waals surface area contributed by atoms with Crippen LogP contribution in [0.3, 0.4) is 0 Å². The van der Waals surface area contributed by atoms with Crippen molar-refractivity contribution >= 4 is 5.91 Å². The van der Waals surface area contributed by atoms with Gasteiger partial charge in [0.2, 0.25) is 0 Å². The summed E-state index contributed by atoms with van der Waals surface area (Å²) < 4.78 is 7.33. The normalized spacial score (nSPS) is 13.0. The van der Waals surface area contributed by atoms with Crippen molar-refractivity contribution in [3.05, 3.63) is 72.8 Å². The van der Waals surface area contributed by atoms with Crippen LogP contribution in [0.15, 0.2) is 67.3 Å². The number of carbonyl (C=O) groups excluding carboxylic acids is 1. The van der Waals surface area contributed by atoms with Crippen LogP contribution < -0.4 is 10.1 Å². The van der Waals surface area contributed by atoms with Crippen molar-refractivity contribution in [2.24, 2.45) is 0 Å². The molecule has 0 saturated carbocycles. The Labute approximate surface area is 146 Å². The molecule has 1 N–H and O–H groups in total. The van der Waals surface area contributed by atoms with Crippen LogP contribution in [0.2, 0.25) is 0 Å². The first-order chi connectivity index (χ1) is 12.1. The Morgan fingerprint density at radius 3 is 2.44 bits per heavy atom. The zero-order valence-electron chi connectivity index (χ0n) is 14.2. The monoisotopic (exact) mass is 336 g/mol. The fourth-order valence-electron chi connectivity index (χ4n) is 2.43. The molecule has 6 heteroatoms. The SMILES string of the molecule is C[C@@H](Oc1ccccc1)C(=O)N[C@H](C)c1ccc(-n2cncn2)cc1. The van der Waals surface area contributed by atoms with E-state index in [1.165, 1.54) is 6.33 Å². The lowest BCUT2D eigenvalue weighted by molar-refractivity contribution is -0.127. The summed E-state index contributed by atoms with van der Waals surface area (Å²) in [4.78, 5) is 16.3. The lowest BCUT2D eigenvalue weighted by Crippen LogP contribution is -2.37. The van der Waals surface area contributed by atoms with E-state index in [1.54, 1.807) is 17.9 Å². The van der Waals surface area contributed by atoms with Crippen molar-refractivity contribution < 1.29 is 9.53 Å². The van der Waals surface area contributed by atoms with Gasteiger partial charge in [-0.15, -0.1) is 0 Å². The fourth-order valence-corrected chi connectivity index (χ4v) is 2.43. The van der Waals surface area contributed by atoms with Gasteiger partial charge in [-0.3, -0.25) is 4.79 Å². The molecule has 0 spiro atoms. The molecule has 0 fully saturated rings. The number of ether oxygens (including phenoxy) is 1. The minimum Gasteiger partial charge on any atom is -0.481 e. The highest BCUT2D eigenvalue weighted by Gasteiger charge is 2.17. The third-order valence-electron chi connectivity index (χ3n) is 3.86. The molecule has 0 unspecified atom stereocenters. The number of carbonyl (C=O) groups is 1. The molecule has 3 rings (SSSR count). The second-order valence-corrected chi connectivity index (χ2v) is 5.73. The Bertz CT molecular complexity index is 801. The molecule has 3 aromatic rings. The molecular formula is C19H20N4O2. The minimum absolute atomic E-state index is 0.126. The molecule has 1 amide bonds. The number of hydrogen-bond acceptors (Lipinski definition) is 4. The smallest absolute Gasteiger partial charge is 0.261 e. The van der Waals surface area contributed by atoms with Gasteiger partial charge >= 0.3 is 0 Å². The molecule has 0 saturated heterocycles. The Balaban J connectivity index is 1.59. The van der Waals surface area contributed by atoms with Gasteiger partial charge < -0.3 is 10.1 Å². The van der Waals surface area contributed by atoms with Crippen molar-refractivity contribution in [3.8, 4) is 11.4 Å². The third kappa shape index (κ3) is 4.23. The lowest BCUT2D eigenvalue weighted by Gasteiger charge is -2.19. The van der Waals surface area contributed by atoms with Crippen molar-refractivity contribution in [2.45, 2.75) is 26.0 Å². The maximum absolute atomic E-state index is 12.3. The van der Waals surface area contributed by atoms with Crippen LogP contribution in [0.5, 0.6) is 5.75 Å². The number of rotatable bonds is 6. The number of hydrogen-bond donors (Lipinski definition) is 1. The molecular weight excluding hydrogens is 316 g/mol. The number of para-hydroxylation sites is 1. The molecule has 128 valence electrons. The predicted octanol–water partition coefficient (Wildman–Crippen LogP) is 2.91. The van der Waals surface area contributed by atoms with Crippen LogP contribution >= 0.6 is 0 Å². The van der Waals surface area contributed by atoms with Gasteiger partial charge in [-0.25, -0.2) is 9.67 Å². The Morgan fingerprint density at radius 1 is 1.08 bits per heavy atom. The van der Waals surface area contributed by atoms with Gasteiger partial charge in [0.05, 0.1) is 11.7 Å². The number of benzene rings is 2. The number of nitrogens with one attached hydrogen (secondary N) is 1. The maximum Gasteiger partial charge on any atom is 0.261 e. The van der Waals surface area contributed by atoms with E-state index >= 15 is 0 Å². The second-order valence-electron chi connectivity index (χ2n) is 5.73. The lowest BCUT2D eigenvalue weighted by atomic mass is 10.1. The highest BCUT2D eigenvalue weighted by molar-refractivity contribution is 5.81. The zero-order valence-corrected chi connectivity index (χ0v) is 14.2. The predicted molar refractivity (Wildman–Crippen MR) is 94.4 cm³/mol. The quantitative estimate of drug-likeness (QED) is 0.751. The summed E-state index contributed by atoms with van der Waals surface area (Å²) >= 11 is 0. The van der Waals surface area contributed by atoms with E-state index in [2.05, 4.69) is 15.4 Å². The summed E-state index contributed by atoms with van der Waals surface area (Å²) in [5, 5.41) is 7.06. The van der Waals surface area contributed by atoms with Crippen molar-refractivity contribution in [3.63, 3.8) is 0 Å². The van der Waals surface area contributed by atoms with Gasteiger partial charge in [0.25, 0.3) is 5.91 Å². The Morgan fingerprint density at radius 2 is 1.80 bits per heavy atom. The summed E-state index contributed by atoms with van der Waals surface area (Å²) in [7, 11) is 0. The summed E-state index contributed by atoms with van der Waals surface area (Å²) in [5.74, 6) is 0.520. The van der Waals surface area contributed by atoms with E-state index in [-0.39, 0.29) is 11.9 Å². The first-order valence-corrected chi connectivity index (χ1v) is 8.10. The molecule has 0 aliphatic heterocycles. The third-order valence-corrected chi connectivity index (χ3v) is 3.86. The Kier molecular flexibility index (Phi) is 5.09. The highest BCUT2D eigenvalue weighted by Crippen LogP contribution is 2.16. The summed E-state index contributed by atoms with van der Waals surface area (Å²) in [6, 6.07) is 17.0. The standard InChI is InChI=1S/C19H20N4O2/c1-14(16-8-10-17(11-9-16)23-13-20-12-21-23)22-19(24)15(2)25-18-6-4-3-5-7-18/h3-15H,1-2H3,(H,22,24)/t14-,15-/m1/s1. The molecule has 2 atom stereocenters. The minimum atomic E-state index is -0.570. The van der Waals surface area contributed by atoms with E-state index in [0.717, 1.165) is 11.3 Å². The van der Waals surface area contributed by atoms with E-state index in [1.807, 2.05) is 61.5 Å². The molecule has 6 nitrogen and oxygen atoms in total. The molecule has 1 aromatic heterocycles. The van der Waals surface area contributed by atoms with Gasteiger partial charge in [-0.05, 0) is 43.7 Å². The summed E-state index contributed by atoms with van der Waals surface area (Å²) in [6.45, 7) is 3.68. The van der Waals surface area contributed by atoms with Gasteiger partial charge in [0, 0.05) is 0 Å². The van der Waals surface area contributed by atoms with Crippen molar-refractivity contribution in [1.82, 2.24) is 20.1 Å². The van der Waals surface area contributed by atoms with Gasteiger partial charge in [0.1, 0.15) is 18.4 Å². The molecule has 25 heavy (non-hydrogen) atoms. The van der Waals surface area contributed by atoms with Crippen LogP contribution in [0.4, 0.5) is 0 Å². The molecule has 0 aliphatic rings. The number of aromatic nitrogens is 3. The van der Waals surface area contributed by atoms with Crippen LogP contribution in [-0.2, 0) is 4.79 Å². The number of amides is 1. The number of nitrogens with zero attached hydrogens (tertiary/aromatic N) is 3. The van der Waals surface area contributed by atoms with Crippen LogP contribution in [0.25, 0.3) is 5.69 Å². The van der Waals surface area contributed by atoms with Crippen LogP contribution in [0.1, 0.15) is 25.5 Å². The van der Waals surface area contributed by atoms with Crippen LogP contribution in [0, 0.1) is 0 Å². The second kappa shape index (κ2) is 7.61. The molecule has 2 aromatic carbocycles. The van der Waals surface area contributed by atoms with E-state index in [9.17, 15) is 4.79 Å². The molecule has 1 heterocycles. The van der Waals surface area contributed by atoms with Gasteiger partial charge in [0.15, 0.2) is 6.10 Å². The van der Waals surface area contributed by atoms with Crippen molar-refractivity contribution in [2.75, 3.05) is 0 Å². The topological polar surface area (TPSA) is 69.0 Å². The van der Waals surface area contributed by atoms with Crippen LogP contribution in [-0.4, -0.2) is 26.8 Å². The van der Waals surface area contributed by atoms with Gasteiger partial charge in [-0.1, -0.05) is 30.3 Å². The van der Waals surface area contributed by atoms with E-state index < -0.39 is 6.10 Å². The molecule has 0 bridgehead atoms. The zero-order chi connectivity index (χ0) is 17.6. The maximum atomic E-state index is 12.3. The molecule has 0 radical (unpaired) electrons. The van der Waals surface area contributed by atoms with E-state index in [4.69, 9.17) is 4.74 Å². The fraction of sp³-hybridized carbons (Fsp3) is 0.211. The summed E-state index contributed by atoms with van der Waals surface area (Å²) in [5.41, 5.74) is 1.92. The first-order valence-electron chi connectivity index (χ1n) is 8.10. The summed E-state index contributed by atoms with van der Waals surface area (Å²) in [6.07, 6.45) is 2.56. The van der Waals surface area contributed by atoms with E-state index in [0.29, 0.717) is 5.75 Å². The van der Waals surface area contributed by atoms with Gasteiger partial charge in [-0.2, -0.15) is 5.10 Å². The first kappa shape index (κ1) is 16.7. The Hall–Kier alpha value is -3.15. The average molecular weight is 336 g/mol. The molecule has 0 aliphatic carbocycles. The largest absolute Gasteiger partial charge is 0.481 e. The average Bonchev–Trinajstić information content (AvgIpc) is 3.17. The van der Waals surface area contributed by atoms with Crippen molar-refractivity contribution in [1.29, 1.82) is 0 Å². The highest BCUT2D eigenvalue weighted by atomic mass is 16.5.